The van der Waals surface area contributed by atoms with E-state index < -0.39 is 0 Å². The molecular weight excluding hydrogens is 366 g/mol. The Bertz CT molecular complexity index is 780. The maximum atomic E-state index is 12.3. The van der Waals surface area contributed by atoms with Gasteiger partial charge in [0.25, 0.3) is 0 Å². The summed E-state index contributed by atoms with van der Waals surface area (Å²) in [6.45, 7) is 1.04. The zero-order valence-corrected chi connectivity index (χ0v) is 16.0. The third-order valence-corrected chi connectivity index (χ3v) is 4.47. The molecule has 1 aliphatic rings. The van der Waals surface area contributed by atoms with E-state index in [4.69, 9.17) is 4.74 Å². The second-order valence-corrected chi connectivity index (χ2v) is 6.25. The van der Waals surface area contributed by atoms with Gasteiger partial charge in [0.05, 0.1) is 19.7 Å². The van der Waals surface area contributed by atoms with E-state index in [0.717, 1.165) is 11.3 Å². The fourth-order valence-electron chi connectivity index (χ4n) is 2.94. The molecule has 0 unspecified atom stereocenters. The average molecular weight is 390 g/mol. The Morgan fingerprint density at radius 1 is 1.07 bits per heavy atom. The number of carbonyl (C=O) groups is 2. The molecule has 1 atom stereocenters. The van der Waals surface area contributed by atoms with Crippen molar-refractivity contribution in [2.45, 2.75) is 25.6 Å². The van der Waals surface area contributed by atoms with Gasteiger partial charge in [0.2, 0.25) is 11.8 Å². The molecule has 0 aliphatic carbocycles. The van der Waals surface area contributed by atoms with Gasteiger partial charge in [-0.2, -0.15) is 0 Å². The minimum Gasteiger partial charge on any atom is -0.497 e. The Labute approximate surface area is 165 Å². The topological polar surface area (TPSA) is 79.5 Å². The van der Waals surface area contributed by atoms with Gasteiger partial charge in [0.15, 0.2) is 0 Å². The second-order valence-electron chi connectivity index (χ2n) is 6.25. The first kappa shape index (κ1) is 20.7. The summed E-state index contributed by atoms with van der Waals surface area (Å²) in [6.07, 6.45) is 0.634. The van der Waals surface area contributed by atoms with Crippen molar-refractivity contribution < 1.29 is 14.3 Å². The number of methoxy groups -OCH3 is 1. The number of carbonyl (C=O) groups excluding carboxylic acids is 2. The van der Waals surface area contributed by atoms with Crippen molar-refractivity contribution in [2.75, 3.05) is 13.7 Å². The smallest absolute Gasteiger partial charge is 0.239 e. The van der Waals surface area contributed by atoms with E-state index in [2.05, 4.69) is 22.0 Å². The lowest BCUT2D eigenvalue weighted by Gasteiger charge is -2.25. The first-order valence-electron chi connectivity index (χ1n) is 8.63. The molecule has 1 heterocycles. The van der Waals surface area contributed by atoms with Gasteiger partial charge in [-0.3, -0.25) is 9.59 Å². The molecule has 0 aromatic heterocycles. The lowest BCUT2D eigenvalue weighted by molar-refractivity contribution is -0.127. The number of ether oxygens (including phenoxy) is 1. The van der Waals surface area contributed by atoms with Crippen LogP contribution in [0.15, 0.2) is 48.5 Å². The first-order valence-corrected chi connectivity index (χ1v) is 8.63. The summed E-state index contributed by atoms with van der Waals surface area (Å²) in [5.41, 5.74) is 3.36. The van der Waals surface area contributed by atoms with Crippen LogP contribution >= 0.6 is 12.4 Å². The quantitative estimate of drug-likeness (QED) is 0.700. The van der Waals surface area contributed by atoms with E-state index in [9.17, 15) is 9.59 Å². The summed E-state index contributed by atoms with van der Waals surface area (Å²) in [6, 6.07) is 15.2. The monoisotopic (exact) mass is 389 g/mol. The summed E-state index contributed by atoms with van der Waals surface area (Å²) in [5.74, 6) is 0.401. The fourth-order valence-corrected chi connectivity index (χ4v) is 2.94. The van der Waals surface area contributed by atoms with Gasteiger partial charge in [-0.25, -0.2) is 0 Å². The molecule has 0 fully saturated rings. The van der Waals surface area contributed by atoms with E-state index in [1.807, 2.05) is 42.5 Å². The number of rotatable bonds is 6. The third kappa shape index (κ3) is 5.70. The minimum atomic E-state index is -0.306. The number of benzene rings is 2. The predicted octanol–water partition coefficient (Wildman–Crippen LogP) is 1.56. The Balaban J connectivity index is 0.00000261. The molecule has 2 amide bonds. The summed E-state index contributed by atoms with van der Waals surface area (Å²) >= 11 is 0. The molecule has 0 radical (unpaired) electrons. The van der Waals surface area contributed by atoms with Crippen LogP contribution in [-0.2, 0) is 29.1 Å². The van der Waals surface area contributed by atoms with Crippen LogP contribution in [0.1, 0.15) is 16.7 Å². The normalized spacial score (nSPS) is 15.1. The van der Waals surface area contributed by atoms with Gasteiger partial charge in [-0.15, -0.1) is 12.4 Å². The number of halogens is 1. The molecule has 7 heteroatoms. The van der Waals surface area contributed by atoms with E-state index >= 15 is 0 Å². The predicted molar refractivity (Wildman–Crippen MR) is 106 cm³/mol. The summed E-state index contributed by atoms with van der Waals surface area (Å²) in [5, 5.41) is 8.71. The minimum absolute atomic E-state index is 0. The molecule has 0 bridgehead atoms. The van der Waals surface area contributed by atoms with Gasteiger partial charge < -0.3 is 20.7 Å². The standard InChI is InChI=1S/C20H23N3O3.ClH/c1-26-17-8-6-14(7-9-17)11-22-19(24)13-23-20(25)18-10-15-4-2-3-5-16(15)12-21-18;/h2-9,18,21H,10-13H2,1H3,(H,22,24)(H,23,25);1H/t18-;/m0./s1. The van der Waals surface area contributed by atoms with Gasteiger partial charge in [0, 0.05) is 13.1 Å². The van der Waals surface area contributed by atoms with Crippen molar-refractivity contribution in [1.29, 1.82) is 0 Å². The van der Waals surface area contributed by atoms with Crippen molar-refractivity contribution in [3.05, 3.63) is 65.2 Å². The number of fused-ring (bicyclic) bond motifs is 1. The van der Waals surface area contributed by atoms with Crippen molar-refractivity contribution in [3.63, 3.8) is 0 Å². The average Bonchev–Trinajstić information content (AvgIpc) is 2.70. The highest BCUT2D eigenvalue weighted by atomic mass is 35.5. The van der Waals surface area contributed by atoms with Crippen molar-refractivity contribution in [2.24, 2.45) is 0 Å². The fraction of sp³-hybridized carbons (Fsp3) is 0.300. The first-order chi connectivity index (χ1) is 12.7. The molecule has 0 saturated carbocycles. The highest BCUT2D eigenvalue weighted by molar-refractivity contribution is 5.87. The molecule has 3 N–H and O–H groups in total. The highest BCUT2D eigenvalue weighted by Crippen LogP contribution is 2.16. The zero-order valence-electron chi connectivity index (χ0n) is 15.2. The molecule has 6 nitrogen and oxygen atoms in total. The molecular formula is C20H24ClN3O3. The van der Waals surface area contributed by atoms with Crippen LogP contribution in [0.5, 0.6) is 5.75 Å². The molecule has 2 aromatic carbocycles. The molecule has 0 spiro atoms. The van der Waals surface area contributed by atoms with Gasteiger partial charge in [0.1, 0.15) is 5.75 Å². The number of hydrogen-bond acceptors (Lipinski definition) is 4. The van der Waals surface area contributed by atoms with E-state index in [1.165, 1.54) is 11.1 Å². The Morgan fingerprint density at radius 2 is 1.78 bits per heavy atom. The van der Waals surface area contributed by atoms with Crippen LogP contribution in [0.3, 0.4) is 0 Å². The van der Waals surface area contributed by atoms with Crippen molar-refractivity contribution in [3.8, 4) is 5.75 Å². The number of nitrogens with one attached hydrogen (secondary N) is 3. The SMILES string of the molecule is COc1ccc(CNC(=O)CNC(=O)[C@@H]2Cc3ccccc3CN2)cc1.Cl. The van der Waals surface area contributed by atoms with Crippen LogP contribution in [0, 0.1) is 0 Å². The largest absolute Gasteiger partial charge is 0.497 e. The van der Waals surface area contributed by atoms with E-state index in [0.29, 0.717) is 19.5 Å². The van der Waals surface area contributed by atoms with Crippen LogP contribution < -0.4 is 20.7 Å². The molecule has 144 valence electrons. The zero-order chi connectivity index (χ0) is 18.4. The van der Waals surface area contributed by atoms with Crippen LogP contribution in [0.2, 0.25) is 0 Å². The summed E-state index contributed by atoms with van der Waals surface area (Å²) in [7, 11) is 1.61. The Kier molecular flexibility index (Phi) is 7.64. The van der Waals surface area contributed by atoms with Crippen molar-refractivity contribution >= 4 is 24.2 Å². The maximum absolute atomic E-state index is 12.3. The Hall–Kier alpha value is -2.57. The summed E-state index contributed by atoms with van der Waals surface area (Å²) in [4.78, 5) is 24.2. The Morgan fingerprint density at radius 3 is 2.48 bits per heavy atom. The van der Waals surface area contributed by atoms with E-state index in [1.54, 1.807) is 7.11 Å². The van der Waals surface area contributed by atoms with Crippen LogP contribution in [0.25, 0.3) is 0 Å². The lowest BCUT2D eigenvalue weighted by atomic mass is 9.95. The molecule has 27 heavy (non-hydrogen) atoms. The molecule has 3 rings (SSSR count). The summed E-state index contributed by atoms with van der Waals surface area (Å²) < 4.78 is 5.10. The van der Waals surface area contributed by atoms with E-state index in [-0.39, 0.29) is 36.8 Å². The van der Waals surface area contributed by atoms with Gasteiger partial charge >= 0.3 is 0 Å². The second kappa shape index (κ2) is 9.94. The third-order valence-electron chi connectivity index (χ3n) is 4.47. The van der Waals surface area contributed by atoms with Crippen molar-refractivity contribution in [1.82, 2.24) is 16.0 Å². The van der Waals surface area contributed by atoms with Gasteiger partial charge in [-0.05, 0) is 35.2 Å². The van der Waals surface area contributed by atoms with Gasteiger partial charge in [-0.1, -0.05) is 36.4 Å². The van der Waals surface area contributed by atoms with Crippen LogP contribution in [-0.4, -0.2) is 31.5 Å². The number of amides is 2. The molecule has 0 saturated heterocycles. The molecule has 2 aromatic rings. The maximum Gasteiger partial charge on any atom is 0.239 e. The lowest BCUT2D eigenvalue weighted by Crippen LogP contribution is -2.49. The highest BCUT2D eigenvalue weighted by Gasteiger charge is 2.23. The van der Waals surface area contributed by atoms with Crippen LogP contribution in [0.4, 0.5) is 0 Å². The molecule has 1 aliphatic heterocycles. The number of hydrogen-bond donors (Lipinski definition) is 3.